The lowest BCUT2D eigenvalue weighted by Crippen LogP contribution is -2.43. The molecule has 2 saturated heterocycles. The van der Waals surface area contributed by atoms with Crippen LogP contribution in [-0.4, -0.2) is 95.9 Å². The molecule has 52 heavy (non-hydrogen) atoms. The van der Waals surface area contributed by atoms with Crippen molar-refractivity contribution < 1.29 is 48.3 Å². The van der Waals surface area contributed by atoms with Gasteiger partial charge in [-0.2, -0.15) is 0 Å². The van der Waals surface area contributed by atoms with Crippen LogP contribution < -0.4 is 0 Å². The van der Waals surface area contributed by atoms with Crippen molar-refractivity contribution in [3.8, 4) is 0 Å². The number of H-pyrrole nitrogens is 1. The highest BCUT2D eigenvalue weighted by molar-refractivity contribution is 5.94. The first-order valence-electron chi connectivity index (χ1n) is 18.6. The van der Waals surface area contributed by atoms with Gasteiger partial charge in [-0.05, 0) is 93.2 Å². The number of cyclic esters (lactones) is 1. The molecule has 4 bridgehead atoms. The number of ether oxygens (including phenoxy) is 5. The number of hydrogen-bond donors (Lipinski definition) is 3. The molecule has 1 aromatic heterocycles. The molecule has 286 valence electrons. The normalized spacial score (nSPS) is 32.8. The molecular formula is C40H56N2O10. The van der Waals surface area contributed by atoms with E-state index in [9.17, 15) is 24.6 Å². The zero-order valence-electron chi connectivity index (χ0n) is 31.6. The van der Waals surface area contributed by atoms with Crippen molar-refractivity contribution in [2.75, 3.05) is 26.4 Å². The lowest BCUT2D eigenvalue weighted by atomic mass is 9.83. The number of nitrogens with zero attached hydrogens (tertiary/aromatic N) is 1. The summed E-state index contributed by atoms with van der Waals surface area (Å²) in [5.74, 6) is -1.86. The van der Waals surface area contributed by atoms with Gasteiger partial charge in [0.25, 0.3) is 0 Å². The Morgan fingerprint density at radius 2 is 1.83 bits per heavy atom. The third kappa shape index (κ3) is 8.89. The number of allylic oxidation sites excluding steroid dienone is 2. The molecule has 12 heteroatoms. The van der Waals surface area contributed by atoms with Gasteiger partial charge in [0.15, 0.2) is 18.3 Å². The van der Waals surface area contributed by atoms with Crippen LogP contribution in [0, 0.1) is 23.2 Å². The minimum atomic E-state index is -1.47. The number of carbonyl (C=O) groups is 3. The molecule has 0 saturated carbocycles. The summed E-state index contributed by atoms with van der Waals surface area (Å²) in [7, 11) is 0. The van der Waals surface area contributed by atoms with E-state index in [0.717, 1.165) is 35.3 Å². The fourth-order valence-electron chi connectivity index (χ4n) is 7.32. The summed E-state index contributed by atoms with van der Waals surface area (Å²) in [6, 6.07) is 3.31. The van der Waals surface area contributed by atoms with Crippen LogP contribution in [-0.2, 0) is 44.5 Å². The van der Waals surface area contributed by atoms with Crippen LogP contribution in [0.2, 0.25) is 0 Å². The summed E-state index contributed by atoms with van der Waals surface area (Å²) in [5.41, 5.74) is 4.02. The summed E-state index contributed by atoms with van der Waals surface area (Å²) in [5, 5.41) is 19.7. The van der Waals surface area contributed by atoms with E-state index in [0.29, 0.717) is 49.0 Å². The highest BCUT2D eigenvalue weighted by atomic mass is 16.6. The van der Waals surface area contributed by atoms with Crippen molar-refractivity contribution >= 4 is 23.8 Å². The fourth-order valence-corrected chi connectivity index (χ4v) is 7.32. The molecule has 0 radical (unpaired) electrons. The zero-order valence-corrected chi connectivity index (χ0v) is 31.6. The first-order chi connectivity index (χ1) is 24.7. The monoisotopic (exact) mass is 724 g/mol. The number of aromatic nitrogens is 1. The number of rotatable bonds is 9. The van der Waals surface area contributed by atoms with Gasteiger partial charge in [-0.3, -0.25) is 14.4 Å². The summed E-state index contributed by atoms with van der Waals surface area (Å²) < 4.78 is 30.3. The number of carbonyl (C=O) groups excluding carboxylic acids is 3. The van der Waals surface area contributed by atoms with Crippen molar-refractivity contribution in [2.24, 2.45) is 28.2 Å². The largest absolute Gasteiger partial charge is 0.467 e. The SMILES string of the molecule is CC(CCCO)=C1COC(CC(C)C)/C1=C\C1N=C2OC1COC(=O)[C@@H](CC(C)C)CC(=O)OC1C(OC(=O)C1(C)CO)/C(C)=C/Cc1ccc2[nH]1. The molecule has 4 aliphatic heterocycles. The maximum absolute atomic E-state index is 13.7. The van der Waals surface area contributed by atoms with Crippen LogP contribution in [0.5, 0.6) is 0 Å². The predicted molar refractivity (Wildman–Crippen MR) is 193 cm³/mol. The number of hydrogen-bond acceptors (Lipinski definition) is 11. The molecule has 5 heterocycles. The highest BCUT2D eigenvalue weighted by Gasteiger charge is 2.57. The van der Waals surface area contributed by atoms with E-state index < -0.39 is 60.2 Å². The van der Waals surface area contributed by atoms with Crippen LogP contribution in [0.1, 0.15) is 92.0 Å². The molecule has 0 aliphatic carbocycles. The highest BCUT2D eigenvalue weighted by Crippen LogP contribution is 2.40. The second kappa shape index (κ2) is 16.9. The van der Waals surface area contributed by atoms with Gasteiger partial charge in [0.2, 0.25) is 5.90 Å². The lowest BCUT2D eigenvalue weighted by Gasteiger charge is -2.28. The Morgan fingerprint density at radius 3 is 2.52 bits per heavy atom. The summed E-state index contributed by atoms with van der Waals surface area (Å²) in [6.45, 7) is 13.5. The van der Waals surface area contributed by atoms with E-state index in [1.54, 1.807) is 6.92 Å². The predicted octanol–water partition coefficient (Wildman–Crippen LogP) is 4.92. The Kier molecular flexibility index (Phi) is 12.9. The number of aliphatic imine (C=N–C) groups is 1. The molecule has 6 unspecified atom stereocenters. The average molecular weight is 725 g/mol. The maximum atomic E-state index is 13.7. The Hall–Kier alpha value is -3.74. The lowest BCUT2D eigenvalue weighted by molar-refractivity contribution is -0.164. The van der Waals surface area contributed by atoms with Crippen LogP contribution in [0.15, 0.2) is 51.6 Å². The van der Waals surface area contributed by atoms with Crippen LogP contribution in [0.4, 0.5) is 0 Å². The molecule has 3 N–H and O–H groups in total. The van der Waals surface area contributed by atoms with Crippen molar-refractivity contribution in [3.63, 3.8) is 0 Å². The van der Waals surface area contributed by atoms with Gasteiger partial charge >= 0.3 is 17.9 Å². The third-order valence-electron chi connectivity index (χ3n) is 10.4. The Labute approximate surface area is 306 Å². The minimum Gasteiger partial charge on any atom is -0.467 e. The van der Waals surface area contributed by atoms with Gasteiger partial charge in [-0.1, -0.05) is 39.3 Å². The smallest absolute Gasteiger partial charge is 0.318 e. The van der Waals surface area contributed by atoms with Gasteiger partial charge in [-0.15, -0.1) is 0 Å². The molecule has 2 fully saturated rings. The number of aliphatic hydroxyl groups is 2. The second-order valence-electron chi connectivity index (χ2n) is 15.7. The topological polar surface area (TPSA) is 166 Å². The maximum Gasteiger partial charge on any atom is 0.318 e. The van der Waals surface area contributed by atoms with Crippen LogP contribution in [0.25, 0.3) is 0 Å². The number of aliphatic hydroxyl groups excluding tert-OH is 2. The number of aromatic amines is 1. The molecular weight excluding hydrogens is 668 g/mol. The quantitative estimate of drug-likeness (QED) is 0.181. The van der Waals surface area contributed by atoms with E-state index in [1.807, 2.05) is 32.1 Å². The van der Waals surface area contributed by atoms with E-state index in [4.69, 9.17) is 28.7 Å². The second-order valence-corrected chi connectivity index (χ2v) is 15.7. The summed E-state index contributed by atoms with van der Waals surface area (Å²) >= 11 is 0. The minimum absolute atomic E-state index is 0.0667. The molecule has 0 amide bonds. The van der Waals surface area contributed by atoms with E-state index in [2.05, 4.69) is 31.8 Å². The standard InChI is InChI=1S/C40H56N2O10/c1-22(2)15-26-17-34(45)51-36-35(52-39(47)40(36,7)21-44)25(6)10-11-27-12-13-30(41-27)37-42-31(33(50-37)20-49-38(26)46)18-28-29(24(5)9-8-14-43)19-48-32(28)16-23(3)4/h10,12-13,18,22-23,26,31-33,35-36,41,43-44H,8-9,11,14-17,19-21H2,1-7H3/b25-10+,28-18-,29-24?/t26-,31?,32?,33?,35?,36?,40?/m0/s1. The molecule has 0 spiro atoms. The molecule has 1 aromatic rings. The Morgan fingerprint density at radius 1 is 1.08 bits per heavy atom. The molecule has 5 rings (SSSR count). The zero-order chi connectivity index (χ0) is 37.7. The fraction of sp³-hybridized carbons (Fsp3) is 0.650. The molecule has 4 aliphatic rings. The molecule has 12 nitrogen and oxygen atoms in total. The molecule has 7 atom stereocenters. The number of nitrogens with one attached hydrogen (secondary N) is 1. The van der Waals surface area contributed by atoms with Crippen LogP contribution in [0.3, 0.4) is 0 Å². The summed E-state index contributed by atoms with van der Waals surface area (Å²) in [4.78, 5) is 48.6. The van der Waals surface area contributed by atoms with Gasteiger partial charge in [0, 0.05) is 18.7 Å². The Balaban J connectivity index is 1.53. The third-order valence-corrected chi connectivity index (χ3v) is 10.4. The van der Waals surface area contributed by atoms with Crippen molar-refractivity contribution in [3.05, 3.63) is 58.0 Å². The summed E-state index contributed by atoms with van der Waals surface area (Å²) in [6.07, 6.45) is 4.02. The van der Waals surface area contributed by atoms with E-state index >= 15 is 0 Å². The number of esters is 3. The first-order valence-corrected chi connectivity index (χ1v) is 18.6. The van der Waals surface area contributed by atoms with Crippen molar-refractivity contribution in [2.45, 2.75) is 117 Å². The average Bonchev–Trinajstić information content (AvgIpc) is 3.87. The first kappa shape index (κ1) is 39.5. The van der Waals surface area contributed by atoms with Crippen molar-refractivity contribution in [1.29, 1.82) is 0 Å². The van der Waals surface area contributed by atoms with E-state index in [1.165, 1.54) is 6.92 Å². The van der Waals surface area contributed by atoms with E-state index in [-0.39, 0.29) is 31.7 Å². The Bertz CT molecular complexity index is 1600. The molecule has 0 aromatic carbocycles. The van der Waals surface area contributed by atoms with Crippen molar-refractivity contribution in [1.82, 2.24) is 4.98 Å². The van der Waals surface area contributed by atoms with Gasteiger partial charge < -0.3 is 38.9 Å². The van der Waals surface area contributed by atoms with Gasteiger partial charge in [0.1, 0.15) is 23.8 Å². The van der Waals surface area contributed by atoms with Gasteiger partial charge in [0.05, 0.1) is 31.7 Å². The van der Waals surface area contributed by atoms with Crippen LogP contribution >= 0.6 is 0 Å². The van der Waals surface area contributed by atoms with Gasteiger partial charge in [-0.25, -0.2) is 4.99 Å². The number of fused-ring (bicyclic) bond motifs is 6.